The highest BCUT2D eigenvalue weighted by Crippen LogP contribution is 2.28. The Morgan fingerprint density at radius 1 is 1.71 bits per heavy atom. The van der Waals surface area contributed by atoms with Crippen molar-refractivity contribution in [1.29, 1.82) is 0 Å². The van der Waals surface area contributed by atoms with Gasteiger partial charge in [-0.3, -0.25) is 4.79 Å². The number of carbonyl (C=O) groups is 1. The zero-order chi connectivity index (χ0) is 10.1. The molecule has 0 radical (unpaired) electrons. The number of halogens is 1. The summed E-state index contributed by atoms with van der Waals surface area (Å²) in [5.41, 5.74) is 0. The maximum absolute atomic E-state index is 12.0. The molecule has 1 fully saturated rings. The Bertz CT molecular complexity index is 346. The zero-order valence-electron chi connectivity index (χ0n) is 7.92. The Morgan fingerprint density at radius 3 is 2.86 bits per heavy atom. The molecule has 4 heteroatoms. The first-order chi connectivity index (χ1) is 6.70. The van der Waals surface area contributed by atoms with E-state index in [9.17, 15) is 4.79 Å². The highest BCUT2D eigenvalue weighted by molar-refractivity contribution is 9.10. The first-order valence-corrected chi connectivity index (χ1v) is 6.35. The minimum Gasteiger partial charge on any atom is -0.316 e. The molecule has 2 heterocycles. The van der Waals surface area contributed by atoms with Crippen molar-refractivity contribution in [3.8, 4) is 0 Å². The summed E-state index contributed by atoms with van der Waals surface area (Å²) in [6.07, 6.45) is 0. The molecule has 2 rings (SSSR count). The monoisotopic (exact) mass is 273 g/mol. The molecule has 1 aliphatic rings. The van der Waals surface area contributed by atoms with Crippen LogP contribution in [0, 0.1) is 11.8 Å². The van der Waals surface area contributed by atoms with Crippen LogP contribution in [-0.2, 0) is 0 Å². The van der Waals surface area contributed by atoms with Gasteiger partial charge in [0.05, 0.1) is 4.88 Å². The predicted molar refractivity (Wildman–Crippen MR) is 61.9 cm³/mol. The number of nitrogens with one attached hydrogen (secondary N) is 1. The van der Waals surface area contributed by atoms with Crippen LogP contribution in [0.5, 0.6) is 0 Å². The van der Waals surface area contributed by atoms with Gasteiger partial charge in [-0.15, -0.1) is 11.3 Å². The second kappa shape index (κ2) is 4.13. The highest BCUT2D eigenvalue weighted by Gasteiger charge is 2.30. The molecule has 0 bridgehead atoms. The van der Waals surface area contributed by atoms with Crippen LogP contribution < -0.4 is 5.32 Å². The lowest BCUT2D eigenvalue weighted by Crippen LogP contribution is -2.47. The second-order valence-electron chi connectivity index (χ2n) is 3.67. The number of ketones is 1. The molecule has 1 N–H and O–H groups in total. The molecule has 0 aromatic carbocycles. The third kappa shape index (κ3) is 1.78. The molecule has 14 heavy (non-hydrogen) atoms. The van der Waals surface area contributed by atoms with Gasteiger partial charge in [-0.05, 0) is 46.4 Å². The van der Waals surface area contributed by atoms with Crippen molar-refractivity contribution >= 4 is 33.0 Å². The van der Waals surface area contributed by atoms with Crippen molar-refractivity contribution in [1.82, 2.24) is 5.32 Å². The fourth-order valence-electron chi connectivity index (χ4n) is 1.55. The van der Waals surface area contributed by atoms with Crippen molar-refractivity contribution in [2.24, 2.45) is 11.8 Å². The molecule has 1 saturated heterocycles. The second-order valence-corrected chi connectivity index (χ2v) is 5.44. The summed E-state index contributed by atoms with van der Waals surface area (Å²) < 4.78 is 0.937. The molecule has 1 aromatic rings. The standard InChI is InChI=1S/C10H12BrNOS/c1-6(7-4-12-5-7)9(13)10-8(11)2-3-14-10/h2-3,6-7,12H,4-5H2,1H3. The summed E-state index contributed by atoms with van der Waals surface area (Å²) in [6.45, 7) is 3.99. The van der Waals surface area contributed by atoms with E-state index in [1.54, 1.807) is 0 Å². The van der Waals surface area contributed by atoms with Gasteiger partial charge in [-0.25, -0.2) is 0 Å². The van der Waals surface area contributed by atoms with Crippen LogP contribution in [0.15, 0.2) is 15.9 Å². The van der Waals surface area contributed by atoms with Crippen molar-refractivity contribution in [3.63, 3.8) is 0 Å². The molecule has 0 amide bonds. The van der Waals surface area contributed by atoms with Gasteiger partial charge in [0.15, 0.2) is 5.78 Å². The summed E-state index contributed by atoms with van der Waals surface area (Å²) in [6, 6.07) is 1.93. The Balaban J connectivity index is 2.11. The van der Waals surface area contributed by atoms with Crippen molar-refractivity contribution < 1.29 is 4.79 Å². The van der Waals surface area contributed by atoms with Gasteiger partial charge in [0, 0.05) is 10.4 Å². The molecule has 0 aliphatic carbocycles. The summed E-state index contributed by atoms with van der Waals surface area (Å²) in [7, 11) is 0. The molecule has 76 valence electrons. The maximum atomic E-state index is 12.0. The van der Waals surface area contributed by atoms with Crippen LogP contribution >= 0.6 is 27.3 Å². The van der Waals surface area contributed by atoms with Gasteiger partial charge < -0.3 is 5.32 Å². The Kier molecular flexibility index (Phi) is 3.04. The minimum atomic E-state index is 0.145. The van der Waals surface area contributed by atoms with E-state index in [2.05, 4.69) is 21.2 Å². The normalized spacial score (nSPS) is 19.0. The molecule has 1 aliphatic heterocycles. The Morgan fingerprint density at radius 2 is 2.43 bits per heavy atom. The lowest BCUT2D eigenvalue weighted by molar-refractivity contribution is 0.0857. The van der Waals surface area contributed by atoms with Gasteiger partial charge in [0.1, 0.15) is 0 Å². The molecule has 0 saturated carbocycles. The lowest BCUT2D eigenvalue weighted by Gasteiger charge is -2.31. The molecule has 1 atom stereocenters. The smallest absolute Gasteiger partial charge is 0.177 e. The van der Waals surface area contributed by atoms with Crippen LogP contribution in [0.3, 0.4) is 0 Å². The molecular formula is C10H12BrNOS. The molecular weight excluding hydrogens is 262 g/mol. The lowest BCUT2D eigenvalue weighted by atomic mass is 9.85. The van der Waals surface area contributed by atoms with Crippen LogP contribution in [0.25, 0.3) is 0 Å². The number of rotatable bonds is 3. The van der Waals surface area contributed by atoms with Crippen LogP contribution in [-0.4, -0.2) is 18.9 Å². The Labute approximate surface area is 95.8 Å². The van der Waals surface area contributed by atoms with E-state index in [1.165, 1.54) is 11.3 Å². The number of carbonyl (C=O) groups excluding carboxylic acids is 1. The fourth-order valence-corrected chi connectivity index (χ4v) is 3.16. The first-order valence-electron chi connectivity index (χ1n) is 4.68. The van der Waals surface area contributed by atoms with E-state index in [-0.39, 0.29) is 11.7 Å². The summed E-state index contributed by atoms with van der Waals surface area (Å²) in [5.74, 6) is 0.945. The number of Topliss-reactive ketones (excluding diaryl/α,β-unsaturated/α-hetero) is 1. The van der Waals surface area contributed by atoms with Crippen molar-refractivity contribution in [3.05, 3.63) is 20.8 Å². The minimum absolute atomic E-state index is 0.145. The number of thiophene rings is 1. The molecule has 1 unspecified atom stereocenters. The summed E-state index contributed by atoms with van der Waals surface area (Å²) in [5, 5.41) is 5.14. The zero-order valence-corrected chi connectivity index (χ0v) is 10.3. The largest absolute Gasteiger partial charge is 0.316 e. The summed E-state index contributed by atoms with van der Waals surface area (Å²) >= 11 is 4.92. The van der Waals surface area contributed by atoms with E-state index in [4.69, 9.17) is 0 Å². The quantitative estimate of drug-likeness (QED) is 0.858. The number of hydrogen-bond donors (Lipinski definition) is 1. The third-order valence-corrected chi connectivity index (χ3v) is 4.63. The predicted octanol–water partition coefficient (Wildman–Crippen LogP) is 2.55. The van der Waals surface area contributed by atoms with Crippen LogP contribution in [0.1, 0.15) is 16.6 Å². The van der Waals surface area contributed by atoms with E-state index < -0.39 is 0 Å². The Hall–Kier alpha value is -0.190. The molecule has 1 aromatic heterocycles. The van der Waals surface area contributed by atoms with Crippen LogP contribution in [0.2, 0.25) is 0 Å². The van der Waals surface area contributed by atoms with Gasteiger partial charge in [0.2, 0.25) is 0 Å². The van der Waals surface area contributed by atoms with E-state index in [0.717, 1.165) is 22.4 Å². The van der Waals surface area contributed by atoms with Gasteiger partial charge >= 0.3 is 0 Å². The van der Waals surface area contributed by atoms with Crippen molar-refractivity contribution in [2.75, 3.05) is 13.1 Å². The topological polar surface area (TPSA) is 29.1 Å². The average molecular weight is 274 g/mol. The van der Waals surface area contributed by atoms with Crippen molar-refractivity contribution in [2.45, 2.75) is 6.92 Å². The van der Waals surface area contributed by atoms with Gasteiger partial charge in [-0.2, -0.15) is 0 Å². The van der Waals surface area contributed by atoms with E-state index in [1.807, 2.05) is 18.4 Å². The van der Waals surface area contributed by atoms with Gasteiger partial charge in [0.25, 0.3) is 0 Å². The third-order valence-electron chi connectivity index (χ3n) is 2.77. The first kappa shape index (κ1) is 10.3. The number of hydrogen-bond acceptors (Lipinski definition) is 3. The SMILES string of the molecule is CC(C(=O)c1sccc1Br)C1CNC1. The molecule has 2 nitrogen and oxygen atoms in total. The fraction of sp³-hybridized carbons (Fsp3) is 0.500. The highest BCUT2D eigenvalue weighted by atomic mass is 79.9. The summed E-state index contributed by atoms with van der Waals surface area (Å²) in [4.78, 5) is 12.9. The molecule has 0 spiro atoms. The van der Waals surface area contributed by atoms with E-state index >= 15 is 0 Å². The van der Waals surface area contributed by atoms with E-state index in [0.29, 0.717) is 5.92 Å². The average Bonchev–Trinajstić information content (AvgIpc) is 2.47. The maximum Gasteiger partial charge on any atom is 0.177 e. The van der Waals surface area contributed by atoms with Crippen LogP contribution in [0.4, 0.5) is 0 Å². The van der Waals surface area contributed by atoms with Gasteiger partial charge in [-0.1, -0.05) is 6.92 Å².